The zero-order valence-corrected chi connectivity index (χ0v) is 10.4. The van der Waals surface area contributed by atoms with E-state index in [1.54, 1.807) is 0 Å². The molecule has 0 atom stereocenters. The molecular weight excluding hydrogens is 232 g/mol. The van der Waals surface area contributed by atoms with Gasteiger partial charge < -0.3 is 4.90 Å². The van der Waals surface area contributed by atoms with E-state index in [9.17, 15) is 4.79 Å². The maximum absolute atomic E-state index is 11.7. The summed E-state index contributed by atoms with van der Waals surface area (Å²) in [6.45, 7) is 2.22. The van der Waals surface area contributed by atoms with Crippen LogP contribution in [0.15, 0.2) is 24.3 Å². The fraction of sp³-hybridized carbons (Fsp3) is 0.385. The van der Waals surface area contributed by atoms with Crippen molar-refractivity contribution in [3.05, 3.63) is 29.8 Å². The molecule has 0 amide bonds. The van der Waals surface area contributed by atoms with Gasteiger partial charge in [0, 0.05) is 24.3 Å². The first-order chi connectivity index (χ1) is 8.31. The van der Waals surface area contributed by atoms with Gasteiger partial charge in [-0.15, -0.1) is 0 Å². The Kier molecular flexibility index (Phi) is 4.05. The van der Waals surface area contributed by atoms with Crippen molar-refractivity contribution in [2.24, 2.45) is 0 Å². The second-order valence-corrected chi connectivity index (χ2v) is 4.80. The molecule has 1 saturated heterocycles. The molecule has 0 N–H and O–H groups in total. The van der Waals surface area contributed by atoms with Gasteiger partial charge in [-0.25, -0.2) is 0 Å². The lowest BCUT2D eigenvalue weighted by atomic mass is 10.1. The minimum Gasteiger partial charge on any atom is -0.372 e. The lowest BCUT2D eigenvalue weighted by Gasteiger charge is -2.17. The second kappa shape index (κ2) is 5.74. The lowest BCUT2D eigenvalue weighted by Crippen LogP contribution is -2.17. The molecule has 17 heavy (non-hydrogen) atoms. The van der Waals surface area contributed by atoms with E-state index >= 15 is 0 Å². The predicted octanol–water partition coefficient (Wildman–Crippen LogP) is 2.68. The maximum Gasteiger partial charge on any atom is 0.173 e. The van der Waals surface area contributed by atoms with Crippen molar-refractivity contribution < 1.29 is 4.79 Å². The highest BCUT2D eigenvalue weighted by Crippen LogP contribution is 2.20. The summed E-state index contributed by atoms with van der Waals surface area (Å²) in [5.41, 5.74) is 1.88. The zero-order chi connectivity index (χ0) is 12.1. The molecule has 3 nitrogen and oxygen atoms in total. The van der Waals surface area contributed by atoms with Crippen LogP contribution in [0.5, 0.6) is 0 Å². The van der Waals surface area contributed by atoms with Gasteiger partial charge in [-0.1, -0.05) is 0 Å². The molecule has 2 rings (SSSR count). The predicted molar refractivity (Wildman–Crippen MR) is 70.3 cm³/mol. The van der Waals surface area contributed by atoms with Gasteiger partial charge in [-0.05, 0) is 48.9 Å². The number of hydrogen-bond donors (Lipinski definition) is 0. The number of ketones is 1. The Balaban J connectivity index is 2.02. The first-order valence-corrected chi connectivity index (χ1v) is 6.69. The van der Waals surface area contributed by atoms with E-state index in [-0.39, 0.29) is 11.5 Å². The van der Waals surface area contributed by atoms with E-state index in [4.69, 9.17) is 5.26 Å². The van der Waals surface area contributed by atoms with Crippen molar-refractivity contribution in [3.8, 4) is 5.40 Å². The zero-order valence-electron chi connectivity index (χ0n) is 9.56. The van der Waals surface area contributed by atoms with Crippen LogP contribution in [0, 0.1) is 10.7 Å². The first-order valence-electron chi connectivity index (χ1n) is 5.70. The van der Waals surface area contributed by atoms with E-state index in [1.165, 1.54) is 18.5 Å². The van der Waals surface area contributed by atoms with E-state index < -0.39 is 0 Å². The molecule has 0 unspecified atom stereocenters. The van der Waals surface area contributed by atoms with Crippen LogP contribution in [0.3, 0.4) is 0 Å². The Morgan fingerprint density at radius 1 is 1.29 bits per heavy atom. The molecule has 1 fully saturated rings. The monoisotopic (exact) mass is 246 g/mol. The number of nitrogens with zero attached hydrogens (tertiary/aromatic N) is 2. The topological polar surface area (TPSA) is 44.1 Å². The first kappa shape index (κ1) is 12.0. The summed E-state index contributed by atoms with van der Waals surface area (Å²) in [5.74, 6) is 0.254. The van der Waals surface area contributed by atoms with Crippen LogP contribution in [0.1, 0.15) is 23.2 Å². The van der Waals surface area contributed by atoms with Crippen LogP contribution in [-0.4, -0.2) is 24.6 Å². The number of Topliss-reactive ketones (excluding diaryl/α,β-unsaturated/α-hetero) is 1. The van der Waals surface area contributed by atoms with Gasteiger partial charge in [0.05, 0.1) is 5.75 Å². The molecule has 1 heterocycles. The summed E-state index contributed by atoms with van der Waals surface area (Å²) in [4.78, 5) is 14.0. The highest BCUT2D eigenvalue weighted by atomic mass is 32.2. The minimum absolute atomic E-state index is 0.0181. The molecule has 0 radical (unpaired) electrons. The molecule has 0 spiro atoms. The summed E-state index contributed by atoms with van der Waals surface area (Å²) in [5, 5.41) is 10.3. The Hall–Kier alpha value is -1.47. The van der Waals surface area contributed by atoms with Crippen molar-refractivity contribution >= 4 is 23.2 Å². The molecule has 0 saturated carbocycles. The number of thiocyanates is 1. The lowest BCUT2D eigenvalue weighted by molar-refractivity contribution is 0.102. The number of carbonyl (C=O) groups excluding carboxylic acids is 1. The third-order valence-corrected chi connectivity index (χ3v) is 3.46. The van der Waals surface area contributed by atoms with Crippen LogP contribution in [-0.2, 0) is 0 Å². The second-order valence-electron chi connectivity index (χ2n) is 4.04. The van der Waals surface area contributed by atoms with Crippen molar-refractivity contribution in [2.75, 3.05) is 23.7 Å². The average molecular weight is 246 g/mol. The molecule has 1 aliphatic heterocycles. The van der Waals surface area contributed by atoms with E-state index in [2.05, 4.69) is 4.90 Å². The summed E-state index contributed by atoms with van der Waals surface area (Å²) >= 11 is 0.986. The number of hydrogen-bond acceptors (Lipinski definition) is 4. The largest absolute Gasteiger partial charge is 0.372 e. The van der Waals surface area contributed by atoms with Crippen LogP contribution in [0.25, 0.3) is 0 Å². The molecular formula is C13H14N2OS. The average Bonchev–Trinajstić information content (AvgIpc) is 2.90. The Labute approximate surface area is 105 Å². The number of carbonyl (C=O) groups is 1. The van der Waals surface area contributed by atoms with Gasteiger partial charge in [0.2, 0.25) is 0 Å². The summed E-state index contributed by atoms with van der Waals surface area (Å²) in [6.07, 6.45) is 2.50. The fourth-order valence-corrected chi connectivity index (χ4v) is 2.38. The molecule has 88 valence electrons. The summed E-state index contributed by atoms with van der Waals surface area (Å²) in [7, 11) is 0. The van der Waals surface area contributed by atoms with E-state index in [0.717, 1.165) is 24.9 Å². The molecule has 1 aromatic carbocycles. The van der Waals surface area contributed by atoms with Gasteiger partial charge >= 0.3 is 0 Å². The van der Waals surface area contributed by atoms with Gasteiger partial charge in [0.1, 0.15) is 5.40 Å². The Bertz CT molecular complexity index is 430. The SMILES string of the molecule is N#CSCC(=O)c1ccc(N2CCCC2)cc1. The van der Waals surface area contributed by atoms with Crippen LogP contribution in [0.2, 0.25) is 0 Å². The molecule has 1 aromatic rings. The number of benzene rings is 1. The standard InChI is InChI=1S/C13H14N2OS/c14-10-17-9-13(16)11-3-5-12(6-4-11)15-7-1-2-8-15/h3-6H,1-2,7-9H2. The number of nitriles is 1. The maximum atomic E-state index is 11.7. The highest BCUT2D eigenvalue weighted by Gasteiger charge is 2.12. The molecule has 0 bridgehead atoms. The quantitative estimate of drug-likeness (QED) is 0.605. The van der Waals surface area contributed by atoms with Gasteiger partial charge in [0.15, 0.2) is 5.78 Å². The highest BCUT2D eigenvalue weighted by molar-refractivity contribution is 8.04. The molecule has 0 aromatic heterocycles. The van der Waals surface area contributed by atoms with Crippen molar-refractivity contribution in [2.45, 2.75) is 12.8 Å². The molecule has 4 heteroatoms. The smallest absolute Gasteiger partial charge is 0.173 e. The number of rotatable bonds is 4. The van der Waals surface area contributed by atoms with Crippen molar-refractivity contribution in [3.63, 3.8) is 0 Å². The fourth-order valence-electron chi connectivity index (χ4n) is 2.01. The minimum atomic E-state index is 0.0181. The van der Waals surface area contributed by atoms with Crippen molar-refractivity contribution in [1.82, 2.24) is 0 Å². The van der Waals surface area contributed by atoms with Gasteiger partial charge in [0.25, 0.3) is 0 Å². The summed E-state index contributed by atoms with van der Waals surface area (Å²) in [6, 6.07) is 7.70. The number of thioether (sulfide) groups is 1. The molecule has 1 aliphatic rings. The normalized spacial score (nSPS) is 14.6. The Morgan fingerprint density at radius 2 is 1.94 bits per heavy atom. The van der Waals surface area contributed by atoms with Gasteiger partial charge in [-0.3, -0.25) is 4.79 Å². The number of anilines is 1. The Morgan fingerprint density at radius 3 is 2.53 bits per heavy atom. The van der Waals surface area contributed by atoms with Gasteiger partial charge in [-0.2, -0.15) is 5.26 Å². The third-order valence-electron chi connectivity index (χ3n) is 2.93. The van der Waals surface area contributed by atoms with Crippen LogP contribution < -0.4 is 4.90 Å². The van der Waals surface area contributed by atoms with Crippen LogP contribution >= 0.6 is 11.8 Å². The summed E-state index contributed by atoms with van der Waals surface area (Å²) < 4.78 is 0. The van der Waals surface area contributed by atoms with Crippen molar-refractivity contribution in [1.29, 1.82) is 5.26 Å². The van der Waals surface area contributed by atoms with E-state index in [0.29, 0.717) is 5.56 Å². The third kappa shape index (κ3) is 3.01. The van der Waals surface area contributed by atoms with Crippen LogP contribution in [0.4, 0.5) is 5.69 Å². The molecule has 0 aliphatic carbocycles. The van der Waals surface area contributed by atoms with E-state index in [1.807, 2.05) is 29.7 Å².